The maximum Gasteiger partial charge on any atom is 0.255 e. The van der Waals surface area contributed by atoms with E-state index in [1.165, 1.54) is 12.5 Å². The Labute approximate surface area is 117 Å². The average Bonchev–Trinajstić information content (AvgIpc) is 2.84. The molecule has 20 heavy (non-hydrogen) atoms. The Morgan fingerprint density at radius 2 is 2.15 bits per heavy atom. The van der Waals surface area contributed by atoms with E-state index >= 15 is 0 Å². The van der Waals surface area contributed by atoms with Crippen LogP contribution in [0.5, 0.6) is 0 Å². The molecule has 1 amide bonds. The van der Waals surface area contributed by atoms with Crippen LogP contribution in [0.15, 0.2) is 18.3 Å². The van der Waals surface area contributed by atoms with Gasteiger partial charge in [-0.15, -0.1) is 0 Å². The summed E-state index contributed by atoms with van der Waals surface area (Å²) in [5.74, 6) is -0.711. The van der Waals surface area contributed by atoms with Gasteiger partial charge in [-0.05, 0) is 25.8 Å². The van der Waals surface area contributed by atoms with E-state index in [1.807, 2.05) is 0 Å². The van der Waals surface area contributed by atoms with Crippen LogP contribution in [0.1, 0.15) is 48.2 Å². The summed E-state index contributed by atoms with van der Waals surface area (Å²) < 4.78 is 15.2. The summed E-state index contributed by atoms with van der Waals surface area (Å²) in [4.78, 5) is 16.2. The highest BCUT2D eigenvalue weighted by Crippen LogP contribution is 2.19. The Balaban J connectivity index is 1.87. The Morgan fingerprint density at radius 3 is 2.90 bits per heavy atom. The van der Waals surface area contributed by atoms with Crippen LogP contribution in [0, 0.1) is 12.9 Å². The van der Waals surface area contributed by atoms with Gasteiger partial charge in [-0.25, -0.2) is 4.98 Å². The lowest BCUT2D eigenvalue weighted by molar-refractivity contribution is 0.0929. The summed E-state index contributed by atoms with van der Waals surface area (Å²) in [6.07, 6.45) is 7.37. The number of fused-ring (bicyclic) bond motifs is 1. The fourth-order valence-electron chi connectivity index (χ4n) is 2.89. The van der Waals surface area contributed by atoms with Gasteiger partial charge >= 0.3 is 0 Å². The van der Waals surface area contributed by atoms with Gasteiger partial charge in [0.15, 0.2) is 5.65 Å². The second kappa shape index (κ2) is 5.23. The van der Waals surface area contributed by atoms with E-state index in [0.717, 1.165) is 31.4 Å². The Morgan fingerprint density at radius 1 is 1.40 bits per heavy atom. The Kier molecular flexibility index (Phi) is 3.42. The highest BCUT2D eigenvalue weighted by molar-refractivity contribution is 6.00. The van der Waals surface area contributed by atoms with Crippen LogP contribution >= 0.6 is 0 Å². The van der Waals surface area contributed by atoms with Gasteiger partial charge in [-0.3, -0.25) is 4.79 Å². The summed E-state index contributed by atoms with van der Waals surface area (Å²) in [6, 6.07) is 3.30. The molecule has 1 aliphatic carbocycles. The first-order chi connectivity index (χ1) is 9.65. The number of amides is 1. The van der Waals surface area contributed by atoms with Crippen LogP contribution in [0.3, 0.4) is 0 Å². The lowest BCUT2D eigenvalue weighted by Gasteiger charge is -2.22. The molecule has 2 aromatic heterocycles. The normalized spacial score (nSPS) is 16.5. The predicted octanol–water partition coefficient (Wildman–Crippen LogP) is 2.84. The van der Waals surface area contributed by atoms with Crippen LogP contribution in [-0.4, -0.2) is 21.3 Å². The van der Waals surface area contributed by atoms with Crippen molar-refractivity contribution < 1.29 is 9.18 Å². The van der Waals surface area contributed by atoms with Crippen LogP contribution < -0.4 is 5.32 Å². The maximum atomic E-state index is 13.4. The van der Waals surface area contributed by atoms with Crippen LogP contribution in [0.2, 0.25) is 0 Å². The van der Waals surface area contributed by atoms with Crippen molar-refractivity contribution in [2.45, 2.75) is 45.1 Å². The third-order valence-corrected chi connectivity index (χ3v) is 3.97. The molecule has 106 valence electrons. The van der Waals surface area contributed by atoms with E-state index in [2.05, 4.69) is 10.3 Å². The Hall–Kier alpha value is -1.91. The molecule has 2 heterocycles. The second-order valence-corrected chi connectivity index (χ2v) is 5.45. The van der Waals surface area contributed by atoms with E-state index < -0.39 is 5.95 Å². The van der Waals surface area contributed by atoms with Crippen molar-refractivity contribution in [1.29, 1.82) is 0 Å². The molecule has 0 unspecified atom stereocenters. The van der Waals surface area contributed by atoms with E-state index in [1.54, 1.807) is 23.6 Å². The summed E-state index contributed by atoms with van der Waals surface area (Å²) in [5.41, 5.74) is 1.55. The van der Waals surface area contributed by atoms with Crippen molar-refractivity contribution in [3.8, 4) is 0 Å². The molecule has 0 spiro atoms. The van der Waals surface area contributed by atoms with Crippen LogP contribution in [0.4, 0.5) is 4.39 Å². The van der Waals surface area contributed by atoms with Gasteiger partial charge in [0.1, 0.15) is 0 Å². The number of halogens is 1. The smallest absolute Gasteiger partial charge is 0.255 e. The molecular formula is C15H18FN3O. The number of carbonyl (C=O) groups is 1. The molecule has 0 radical (unpaired) electrons. The second-order valence-electron chi connectivity index (χ2n) is 5.45. The molecule has 0 aromatic carbocycles. The number of nitrogens with one attached hydrogen (secondary N) is 1. The van der Waals surface area contributed by atoms with Gasteiger partial charge in [-0.2, -0.15) is 4.39 Å². The number of aryl methyl sites for hydroxylation is 1. The van der Waals surface area contributed by atoms with Gasteiger partial charge in [0.25, 0.3) is 5.91 Å². The molecule has 0 atom stereocenters. The molecular weight excluding hydrogens is 257 g/mol. The fourth-order valence-corrected chi connectivity index (χ4v) is 2.89. The minimum absolute atomic E-state index is 0.156. The molecule has 5 heteroatoms. The zero-order chi connectivity index (χ0) is 14.1. The SMILES string of the molecule is Cc1cc(F)nc2c(C(=O)NC3CCCCC3)ccn12. The molecule has 2 aromatic rings. The van der Waals surface area contributed by atoms with Gasteiger partial charge in [0, 0.05) is 24.0 Å². The van der Waals surface area contributed by atoms with Crippen molar-refractivity contribution >= 4 is 11.6 Å². The highest BCUT2D eigenvalue weighted by atomic mass is 19.1. The number of carbonyl (C=O) groups excluding carboxylic acids is 1. The summed E-state index contributed by atoms with van der Waals surface area (Å²) >= 11 is 0. The summed E-state index contributed by atoms with van der Waals surface area (Å²) in [6.45, 7) is 1.79. The minimum Gasteiger partial charge on any atom is -0.349 e. The first-order valence-electron chi connectivity index (χ1n) is 7.10. The molecule has 1 fully saturated rings. The molecule has 1 saturated carbocycles. The van der Waals surface area contributed by atoms with Crippen molar-refractivity contribution in [1.82, 2.24) is 14.7 Å². The van der Waals surface area contributed by atoms with E-state index in [-0.39, 0.29) is 11.9 Å². The first kappa shape index (κ1) is 13.1. The van der Waals surface area contributed by atoms with Crippen molar-refractivity contribution in [2.75, 3.05) is 0 Å². The lowest BCUT2D eigenvalue weighted by atomic mass is 9.95. The number of aromatic nitrogens is 2. The van der Waals surface area contributed by atoms with Crippen LogP contribution in [0.25, 0.3) is 5.65 Å². The lowest BCUT2D eigenvalue weighted by Crippen LogP contribution is -2.36. The van der Waals surface area contributed by atoms with Gasteiger partial charge < -0.3 is 9.72 Å². The van der Waals surface area contributed by atoms with Gasteiger partial charge in [0.2, 0.25) is 5.95 Å². The number of rotatable bonds is 2. The zero-order valence-corrected chi connectivity index (χ0v) is 11.5. The molecule has 1 aliphatic rings. The van der Waals surface area contributed by atoms with E-state index in [4.69, 9.17) is 0 Å². The zero-order valence-electron chi connectivity index (χ0n) is 11.5. The Bertz CT molecular complexity index is 644. The number of hydrogen-bond donors (Lipinski definition) is 1. The number of hydrogen-bond acceptors (Lipinski definition) is 2. The van der Waals surface area contributed by atoms with E-state index in [9.17, 15) is 9.18 Å². The quantitative estimate of drug-likeness (QED) is 0.857. The number of nitrogens with zero attached hydrogens (tertiary/aromatic N) is 2. The molecule has 0 saturated heterocycles. The summed E-state index contributed by atoms with van der Waals surface area (Å²) in [7, 11) is 0. The maximum absolute atomic E-state index is 13.4. The fraction of sp³-hybridized carbons (Fsp3) is 0.467. The standard InChI is InChI=1S/C15H18FN3O/c1-10-9-13(16)18-14-12(7-8-19(10)14)15(20)17-11-5-3-2-4-6-11/h7-9,11H,2-6H2,1H3,(H,17,20). The summed E-state index contributed by atoms with van der Waals surface area (Å²) in [5, 5.41) is 3.04. The van der Waals surface area contributed by atoms with Gasteiger partial charge in [0.05, 0.1) is 5.56 Å². The van der Waals surface area contributed by atoms with Gasteiger partial charge in [-0.1, -0.05) is 19.3 Å². The van der Waals surface area contributed by atoms with Crippen molar-refractivity contribution in [2.24, 2.45) is 0 Å². The van der Waals surface area contributed by atoms with Crippen molar-refractivity contribution in [3.05, 3.63) is 35.5 Å². The molecule has 1 N–H and O–H groups in total. The molecule has 0 bridgehead atoms. The van der Waals surface area contributed by atoms with Crippen LogP contribution in [-0.2, 0) is 0 Å². The third kappa shape index (κ3) is 2.40. The largest absolute Gasteiger partial charge is 0.349 e. The first-order valence-corrected chi connectivity index (χ1v) is 7.10. The average molecular weight is 275 g/mol. The topological polar surface area (TPSA) is 46.4 Å². The predicted molar refractivity (Wildman–Crippen MR) is 74.2 cm³/mol. The highest BCUT2D eigenvalue weighted by Gasteiger charge is 2.19. The minimum atomic E-state index is -0.555. The molecule has 3 rings (SSSR count). The third-order valence-electron chi connectivity index (χ3n) is 3.97. The monoisotopic (exact) mass is 275 g/mol. The molecule has 0 aliphatic heterocycles. The molecule has 4 nitrogen and oxygen atoms in total. The van der Waals surface area contributed by atoms with E-state index in [0.29, 0.717) is 11.2 Å². The van der Waals surface area contributed by atoms with Crippen molar-refractivity contribution in [3.63, 3.8) is 0 Å².